The molecular formula is C24H19N3O4. The number of amides is 3. The molecule has 1 N–H and O–H groups in total. The number of nitrogens with zero attached hydrogens (tertiary/aromatic N) is 2. The highest BCUT2D eigenvalue weighted by molar-refractivity contribution is 6.22. The fourth-order valence-electron chi connectivity index (χ4n) is 3.98. The van der Waals surface area contributed by atoms with E-state index in [0.29, 0.717) is 24.2 Å². The number of fused-ring (bicyclic) bond motifs is 2. The van der Waals surface area contributed by atoms with Gasteiger partial charge in [-0.25, -0.2) is 0 Å². The second-order valence-corrected chi connectivity index (χ2v) is 7.51. The van der Waals surface area contributed by atoms with Crippen LogP contribution >= 0.6 is 0 Å². The van der Waals surface area contributed by atoms with Crippen LogP contribution in [0.2, 0.25) is 0 Å². The maximum atomic E-state index is 12.9. The first-order valence-electron chi connectivity index (χ1n) is 10.0. The van der Waals surface area contributed by atoms with E-state index in [1.54, 1.807) is 36.7 Å². The molecule has 0 spiro atoms. The molecule has 7 heteroatoms. The van der Waals surface area contributed by atoms with Crippen molar-refractivity contribution in [1.82, 2.24) is 15.2 Å². The number of benzene rings is 2. The van der Waals surface area contributed by atoms with Gasteiger partial charge in [-0.15, -0.1) is 0 Å². The molecule has 0 fully saturated rings. The maximum absolute atomic E-state index is 12.9. The Morgan fingerprint density at radius 3 is 2.65 bits per heavy atom. The van der Waals surface area contributed by atoms with Crippen LogP contribution < -0.4 is 10.1 Å². The van der Waals surface area contributed by atoms with Gasteiger partial charge >= 0.3 is 0 Å². The smallest absolute Gasteiger partial charge is 0.261 e. The summed E-state index contributed by atoms with van der Waals surface area (Å²) in [5.74, 6) is -0.289. The highest BCUT2D eigenvalue weighted by atomic mass is 16.5. The number of hydrogen-bond acceptors (Lipinski definition) is 5. The summed E-state index contributed by atoms with van der Waals surface area (Å²) in [4.78, 5) is 43.7. The van der Waals surface area contributed by atoms with Crippen LogP contribution in [-0.4, -0.2) is 34.2 Å². The van der Waals surface area contributed by atoms with Gasteiger partial charge in [0, 0.05) is 29.9 Å². The highest BCUT2D eigenvalue weighted by Gasteiger charge is 2.36. The number of hydrogen-bond donors (Lipinski definition) is 1. The molecular weight excluding hydrogens is 394 g/mol. The maximum Gasteiger partial charge on any atom is 0.261 e. The highest BCUT2D eigenvalue weighted by Crippen LogP contribution is 2.32. The van der Waals surface area contributed by atoms with Crippen molar-refractivity contribution in [2.75, 3.05) is 6.61 Å². The van der Waals surface area contributed by atoms with Crippen molar-refractivity contribution in [3.63, 3.8) is 0 Å². The summed E-state index contributed by atoms with van der Waals surface area (Å²) in [5.41, 5.74) is 2.64. The Kier molecular flexibility index (Phi) is 4.71. The molecule has 0 saturated heterocycles. The molecule has 0 aliphatic carbocycles. The summed E-state index contributed by atoms with van der Waals surface area (Å²) < 4.78 is 5.65. The minimum Gasteiger partial charge on any atom is -0.493 e. The van der Waals surface area contributed by atoms with E-state index in [1.165, 1.54) is 11.0 Å². The Hall–Kier alpha value is -4.00. The molecule has 2 aliphatic rings. The second-order valence-electron chi connectivity index (χ2n) is 7.51. The molecule has 0 bridgehead atoms. The third-order valence-corrected chi connectivity index (χ3v) is 5.59. The lowest BCUT2D eigenvalue weighted by atomic mass is 9.99. The third-order valence-electron chi connectivity index (χ3n) is 5.59. The van der Waals surface area contributed by atoms with Crippen molar-refractivity contribution in [1.29, 1.82) is 0 Å². The third kappa shape index (κ3) is 3.44. The Balaban J connectivity index is 1.36. The van der Waals surface area contributed by atoms with Crippen LogP contribution in [0.5, 0.6) is 5.75 Å². The molecule has 154 valence electrons. The molecule has 1 aromatic heterocycles. The standard InChI is InChI=1S/C24H19N3O4/c28-22(26-20-9-12-31-21-4-2-1-3-18(20)21)16-5-6-17-19(13-16)24(30)27(23(17)29)14-15-7-10-25-11-8-15/h1-8,10-11,13,20H,9,12,14H2,(H,26,28)/t20-/m0/s1. The van der Waals surface area contributed by atoms with Crippen LogP contribution in [0.3, 0.4) is 0 Å². The zero-order chi connectivity index (χ0) is 21.4. The van der Waals surface area contributed by atoms with E-state index < -0.39 is 5.91 Å². The SMILES string of the molecule is O=C(N[C@H]1CCOc2ccccc21)c1ccc2c(c1)C(=O)N(Cc1ccncc1)C2=O. The van der Waals surface area contributed by atoms with E-state index in [0.717, 1.165) is 16.9 Å². The first-order valence-corrected chi connectivity index (χ1v) is 10.0. The molecule has 0 radical (unpaired) electrons. The van der Waals surface area contributed by atoms with Crippen molar-refractivity contribution in [2.45, 2.75) is 19.0 Å². The van der Waals surface area contributed by atoms with Gasteiger partial charge in [-0.3, -0.25) is 24.3 Å². The Labute approximate surface area is 178 Å². The normalized spacial score (nSPS) is 17.0. The molecule has 3 heterocycles. The van der Waals surface area contributed by atoms with Crippen LogP contribution in [-0.2, 0) is 6.54 Å². The van der Waals surface area contributed by atoms with E-state index >= 15 is 0 Å². The predicted molar refractivity (Wildman–Crippen MR) is 112 cm³/mol. The van der Waals surface area contributed by atoms with Crippen LogP contribution in [0.1, 0.15) is 54.7 Å². The van der Waals surface area contributed by atoms with E-state index in [2.05, 4.69) is 10.3 Å². The molecule has 2 aromatic carbocycles. The Bertz CT molecular complexity index is 1190. The van der Waals surface area contributed by atoms with Gasteiger partial charge in [-0.1, -0.05) is 18.2 Å². The lowest BCUT2D eigenvalue weighted by molar-refractivity contribution is 0.0642. The molecule has 3 aromatic rings. The summed E-state index contributed by atoms with van der Waals surface area (Å²) in [5, 5.41) is 3.02. The van der Waals surface area contributed by atoms with Crippen molar-refractivity contribution in [3.8, 4) is 5.75 Å². The monoisotopic (exact) mass is 413 g/mol. The minimum absolute atomic E-state index is 0.162. The lowest BCUT2D eigenvalue weighted by Gasteiger charge is -2.26. The molecule has 1 atom stereocenters. The topological polar surface area (TPSA) is 88.6 Å². The van der Waals surface area contributed by atoms with Crippen LogP contribution in [0.25, 0.3) is 0 Å². The second kappa shape index (κ2) is 7.68. The van der Waals surface area contributed by atoms with Gasteiger partial charge < -0.3 is 10.1 Å². The van der Waals surface area contributed by atoms with Crippen molar-refractivity contribution < 1.29 is 19.1 Å². The molecule has 5 rings (SSSR count). The summed E-state index contributed by atoms with van der Waals surface area (Å²) in [7, 11) is 0. The largest absolute Gasteiger partial charge is 0.493 e. The molecule has 7 nitrogen and oxygen atoms in total. The van der Waals surface area contributed by atoms with E-state index in [9.17, 15) is 14.4 Å². The summed E-state index contributed by atoms with van der Waals surface area (Å²) in [6, 6.07) is 15.6. The van der Waals surface area contributed by atoms with Gasteiger partial charge in [0.25, 0.3) is 17.7 Å². The van der Waals surface area contributed by atoms with Crippen molar-refractivity contribution in [2.24, 2.45) is 0 Å². The number of para-hydroxylation sites is 1. The van der Waals surface area contributed by atoms with Gasteiger partial charge in [0.2, 0.25) is 0 Å². The molecule has 0 saturated carbocycles. The zero-order valence-corrected chi connectivity index (χ0v) is 16.6. The summed E-state index contributed by atoms with van der Waals surface area (Å²) in [6.45, 7) is 0.679. The molecule has 0 unspecified atom stereocenters. The average Bonchev–Trinajstić information content (AvgIpc) is 3.04. The van der Waals surface area contributed by atoms with Crippen LogP contribution in [0.15, 0.2) is 67.0 Å². The van der Waals surface area contributed by atoms with Crippen LogP contribution in [0.4, 0.5) is 0 Å². The number of pyridine rings is 1. The van der Waals surface area contributed by atoms with E-state index in [1.807, 2.05) is 24.3 Å². The number of aromatic nitrogens is 1. The minimum atomic E-state index is -0.400. The number of imide groups is 1. The van der Waals surface area contributed by atoms with Gasteiger partial charge in [-0.2, -0.15) is 0 Å². The zero-order valence-electron chi connectivity index (χ0n) is 16.6. The molecule has 31 heavy (non-hydrogen) atoms. The van der Waals surface area contributed by atoms with Crippen molar-refractivity contribution in [3.05, 3.63) is 94.8 Å². The van der Waals surface area contributed by atoms with E-state index in [4.69, 9.17) is 4.74 Å². The lowest BCUT2D eigenvalue weighted by Crippen LogP contribution is -2.32. The number of ether oxygens (including phenoxy) is 1. The Morgan fingerprint density at radius 1 is 1.03 bits per heavy atom. The van der Waals surface area contributed by atoms with Crippen molar-refractivity contribution >= 4 is 17.7 Å². The van der Waals surface area contributed by atoms with Gasteiger partial charge in [-0.05, 0) is 42.0 Å². The molecule has 3 amide bonds. The van der Waals surface area contributed by atoms with Crippen LogP contribution in [0, 0.1) is 0 Å². The number of carbonyl (C=O) groups is 3. The van der Waals surface area contributed by atoms with Gasteiger partial charge in [0.15, 0.2) is 0 Å². The summed E-state index contributed by atoms with van der Waals surface area (Å²) in [6.07, 6.45) is 3.89. The fourth-order valence-corrected chi connectivity index (χ4v) is 3.98. The number of rotatable bonds is 4. The quantitative estimate of drug-likeness (QED) is 0.664. The number of nitrogens with one attached hydrogen (secondary N) is 1. The first kappa shape index (κ1) is 19.0. The Morgan fingerprint density at radius 2 is 1.81 bits per heavy atom. The van der Waals surface area contributed by atoms with E-state index in [-0.39, 0.29) is 30.0 Å². The van der Waals surface area contributed by atoms with Gasteiger partial charge in [0.05, 0.1) is 30.3 Å². The number of carbonyl (C=O) groups excluding carboxylic acids is 3. The molecule has 2 aliphatic heterocycles. The summed E-state index contributed by atoms with van der Waals surface area (Å²) >= 11 is 0. The first-order chi connectivity index (χ1) is 15.1. The van der Waals surface area contributed by atoms with Gasteiger partial charge in [0.1, 0.15) is 5.75 Å². The fraction of sp³-hybridized carbons (Fsp3) is 0.167. The predicted octanol–water partition coefficient (Wildman–Crippen LogP) is 3.13. The average molecular weight is 413 g/mol.